The number of alkyl halides is 6. The highest BCUT2D eigenvalue weighted by Gasteiger charge is 2.34. The molecule has 13 heteroatoms. The van der Waals surface area contributed by atoms with E-state index in [0.29, 0.717) is 23.1 Å². The van der Waals surface area contributed by atoms with Crippen LogP contribution in [0.15, 0.2) is 61.2 Å². The normalized spacial score (nSPS) is 12.0. The van der Waals surface area contributed by atoms with Crippen LogP contribution in [-0.2, 0) is 17.1 Å². The standard InChI is InChI=1S/C22H14F6N6O/c1-12(35)31-19-7-4-14(9-29-19)17-10-34(11-30-17)20-32-16(8-18(33-20)22(26,27)28)13-2-5-15(6-3-13)21(23,24)25/h2-11H,1H3,(H,29,31,35). The number of nitrogens with zero attached hydrogens (tertiary/aromatic N) is 5. The molecule has 3 aromatic heterocycles. The first-order valence-corrected chi connectivity index (χ1v) is 9.82. The van der Waals surface area contributed by atoms with E-state index in [9.17, 15) is 31.1 Å². The van der Waals surface area contributed by atoms with Gasteiger partial charge in [0, 0.05) is 30.4 Å². The van der Waals surface area contributed by atoms with Crippen LogP contribution in [0.3, 0.4) is 0 Å². The minimum atomic E-state index is -4.83. The summed E-state index contributed by atoms with van der Waals surface area (Å²) in [6.45, 7) is 1.32. The predicted molar refractivity (Wildman–Crippen MR) is 112 cm³/mol. The zero-order valence-corrected chi connectivity index (χ0v) is 17.7. The lowest BCUT2D eigenvalue weighted by Crippen LogP contribution is -2.12. The average Bonchev–Trinajstić information content (AvgIpc) is 3.28. The summed E-state index contributed by atoms with van der Waals surface area (Å²) in [5.41, 5.74) is -1.53. The Morgan fingerprint density at radius 1 is 0.857 bits per heavy atom. The van der Waals surface area contributed by atoms with Gasteiger partial charge in [0.2, 0.25) is 11.9 Å². The number of anilines is 1. The van der Waals surface area contributed by atoms with Crippen LogP contribution in [0.25, 0.3) is 28.5 Å². The van der Waals surface area contributed by atoms with Crippen LogP contribution in [-0.4, -0.2) is 30.4 Å². The van der Waals surface area contributed by atoms with Crippen molar-refractivity contribution in [2.24, 2.45) is 0 Å². The third-order valence-corrected chi connectivity index (χ3v) is 4.69. The molecule has 0 radical (unpaired) electrons. The fourth-order valence-corrected chi connectivity index (χ4v) is 3.05. The largest absolute Gasteiger partial charge is 0.433 e. The second-order valence-corrected chi connectivity index (χ2v) is 7.29. The lowest BCUT2D eigenvalue weighted by Gasteiger charge is -2.12. The number of rotatable bonds is 4. The van der Waals surface area contributed by atoms with Crippen molar-refractivity contribution in [3.05, 3.63) is 72.4 Å². The van der Waals surface area contributed by atoms with Gasteiger partial charge < -0.3 is 5.32 Å². The first-order valence-electron chi connectivity index (χ1n) is 9.82. The monoisotopic (exact) mass is 492 g/mol. The Balaban J connectivity index is 1.71. The molecule has 4 aromatic rings. The second-order valence-electron chi connectivity index (χ2n) is 7.29. The highest BCUT2D eigenvalue weighted by molar-refractivity contribution is 5.87. The fraction of sp³-hybridized carbons (Fsp3) is 0.136. The molecular formula is C22H14F6N6O. The van der Waals surface area contributed by atoms with Crippen molar-refractivity contribution in [3.8, 4) is 28.5 Å². The fourth-order valence-electron chi connectivity index (χ4n) is 3.05. The first kappa shape index (κ1) is 23.9. The number of benzene rings is 1. The van der Waals surface area contributed by atoms with Gasteiger partial charge in [-0.25, -0.2) is 19.9 Å². The minimum absolute atomic E-state index is 0.0465. The number of imidazole rings is 1. The number of hydrogen-bond donors (Lipinski definition) is 1. The van der Waals surface area contributed by atoms with E-state index in [2.05, 4.69) is 25.3 Å². The lowest BCUT2D eigenvalue weighted by molar-refractivity contribution is -0.141. The number of hydrogen-bond acceptors (Lipinski definition) is 5. The molecule has 3 heterocycles. The van der Waals surface area contributed by atoms with Gasteiger partial charge in [0.05, 0.1) is 17.0 Å². The zero-order valence-electron chi connectivity index (χ0n) is 17.7. The molecule has 7 nitrogen and oxygen atoms in total. The summed E-state index contributed by atoms with van der Waals surface area (Å²) < 4.78 is 80.2. The van der Waals surface area contributed by atoms with E-state index in [1.807, 2.05) is 0 Å². The molecule has 0 saturated carbocycles. The average molecular weight is 492 g/mol. The molecule has 0 bridgehead atoms. The lowest BCUT2D eigenvalue weighted by atomic mass is 10.1. The Morgan fingerprint density at radius 3 is 2.11 bits per heavy atom. The van der Waals surface area contributed by atoms with Gasteiger partial charge in [-0.1, -0.05) is 12.1 Å². The van der Waals surface area contributed by atoms with E-state index in [0.717, 1.165) is 28.8 Å². The number of pyridine rings is 1. The van der Waals surface area contributed by atoms with Gasteiger partial charge in [0.15, 0.2) is 5.69 Å². The van der Waals surface area contributed by atoms with E-state index in [4.69, 9.17) is 0 Å². The number of halogens is 6. The second kappa shape index (κ2) is 8.81. The van der Waals surface area contributed by atoms with Crippen molar-refractivity contribution in [2.45, 2.75) is 19.3 Å². The number of aromatic nitrogens is 5. The zero-order chi connectivity index (χ0) is 25.4. The highest BCUT2D eigenvalue weighted by atomic mass is 19.4. The topological polar surface area (TPSA) is 85.6 Å². The predicted octanol–water partition coefficient (Wildman–Crippen LogP) is 5.39. The van der Waals surface area contributed by atoms with Crippen LogP contribution in [0.4, 0.5) is 32.2 Å². The molecule has 1 aromatic carbocycles. The van der Waals surface area contributed by atoms with E-state index in [1.165, 1.54) is 31.7 Å². The van der Waals surface area contributed by atoms with E-state index in [-0.39, 0.29) is 23.1 Å². The number of carbonyl (C=O) groups is 1. The molecule has 180 valence electrons. The summed E-state index contributed by atoms with van der Waals surface area (Å²) in [5, 5.41) is 2.50. The molecule has 0 fully saturated rings. The Labute approximate surface area is 193 Å². The molecule has 1 amide bonds. The van der Waals surface area contributed by atoms with E-state index < -0.39 is 23.6 Å². The molecule has 0 atom stereocenters. The molecule has 0 aliphatic carbocycles. The number of amides is 1. The molecule has 0 spiro atoms. The quantitative estimate of drug-likeness (QED) is 0.387. The highest BCUT2D eigenvalue weighted by Crippen LogP contribution is 2.33. The molecule has 4 rings (SSSR count). The van der Waals surface area contributed by atoms with Crippen molar-refractivity contribution >= 4 is 11.7 Å². The minimum Gasteiger partial charge on any atom is -0.311 e. The van der Waals surface area contributed by atoms with Gasteiger partial charge in [-0.15, -0.1) is 0 Å². The Bertz CT molecular complexity index is 1360. The molecule has 0 saturated heterocycles. The van der Waals surface area contributed by atoms with Gasteiger partial charge in [-0.2, -0.15) is 26.3 Å². The van der Waals surface area contributed by atoms with Gasteiger partial charge in [-0.05, 0) is 30.3 Å². The maximum Gasteiger partial charge on any atom is 0.433 e. The third-order valence-electron chi connectivity index (χ3n) is 4.69. The van der Waals surface area contributed by atoms with Gasteiger partial charge in [0.25, 0.3) is 0 Å². The Morgan fingerprint density at radius 2 is 1.54 bits per heavy atom. The molecular weight excluding hydrogens is 478 g/mol. The van der Waals surface area contributed by atoms with Crippen molar-refractivity contribution in [1.29, 1.82) is 0 Å². The summed E-state index contributed by atoms with van der Waals surface area (Å²) in [6, 6.07) is 7.39. The van der Waals surface area contributed by atoms with Crippen LogP contribution < -0.4 is 5.32 Å². The number of carbonyl (C=O) groups excluding carboxylic acids is 1. The van der Waals surface area contributed by atoms with Crippen molar-refractivity contribution in [2.75, 3.05) is 5.32 Å². The summed E-state index contributed by atoms with van der Waals surface area (Å²) >= 11 is 0. The van der Waals surface area contributed by atoms with Crippen LogP contribution in [0.1, 0.15) is 18.2 Å². The Kier molecular flexibility index (Phi) is 6.01. The SMILES string of the molecule is CC(=O)Nc1ccc(-c2cn(-c3nc(-c4ccc(C(F)(F)F)cc4)cc(C(F)(F)F)n3)cn2)cn1. The van der Waals surface area contributed by atoms with Gasteiger partial charge in [0.1, 0.15) is 12.1 Å². The van der Waals surface area contributed by atoms with Crippen LogP contribution in [0.2, 0.25) is 0 Å². The van der Waals surface area contributed by atoms with Crippen LogP contribution in [0, 0.1) is 0 Å². The Hall–Kier alpha value is -4.29. The van der Waals surface area contributed by atoms with E-state index >= 15 is 0 Å². The molecule has 0 unspecified atom stereocenters. The summed E-state index contributed by atoms with van der Waals surface area (Å²) in [6.07, 6.45) is -5.43. The third kappa shape index (κ3) is 5.45. The van der Waals surface area contributed by atoms with Crippen molar-refractivity contribution in [1.82, 2.24) is 24.5 Å². The smallest absolute Gasteiger partial charge is 0.311 e. The van der Waals surface area contributed by atoms with E-state index in [1.54, 1.807) is 6.07 Å². The molecule has 35 heavy (non-hydrogen) atoms. The maximum atomic E-state index is 13.5. The maximum absolute atomic E-state index is 13.5. The molecule has 0 aliphatic rings. The number of nitrogens with one attached hydrogen (secondary N) is 1. The molecule has 0 aliphatic heterocycles. The molecule has 1 N–H and O–H groups in total. The summed E-state index contributed by atoms with van der Waals surface area (Å²) in [4.78, 5) is 27.0. The first-order chi connectivity index (χ1) is 16.4. The van der Waals surface area contributed by atoms with Gasteiger partial charge in [-0.3, -0.25) is 9.36 Å². The van der Waals surface area contributed by atoms with Crippen LogP contribution >= 0.6 is 0 Å². The van der Waals surface area contributed by atoms with Crippen LogP contribution in [0.5, 0.6) is 0 Å². The van der Waals surface area contributed by atoms with Gasteiger partial charge >= 0.3 is 12.4 Å². The van der Waals surface area contributed by atoms with Crippen molar-refractivity contribution < 1.29 is 31.1 Å². The van der Waals surface area contributed by atoms with Crippen molar-refractivity contribution in [3.63, 3.8) is 0 Å². The summed E-state index contributed by atoms with van der Waals surface area (Å²) in [5.74, 6) is -0.376. The summed E-state index contributed by atoms with van der Waals surface area (Å²) in [7, 11) is 0.